The first-order valence-corrected chi connectivity index (χ1v) is 7.98. The first-order valence-electron chi connectivity index (χ1n) is 6.39. The number of benzene rings is 2. The van der Waals surface area contributed by atoms with E-state index >= 15 is 0 Å². The zero-order valence-corrected chi connectivity index (χ0v) is 14.5. The molecule has 1 unspecified atom stereocenters. The first-order chi connectivity index (χ1) is 10.5. The number of halogens is 3. The van der Waals surface area contributed by atoms with Gasteiger partial charge in [0.2, 0.25) is 0 Å². The van der Waals surface area contributed by atoms with Gasteiger partial charge in [-0.1, -0.05) is 28.1 Å². The number of nitrogens with one attached hydrogen (secondary N) is 2. The molecular formula is C15H13Br2FN2O2. The molecule has 2 aromatic carbocycles. The molecule has 2 aromatic rings. The molecular weight excluding hydrogens is 419 g/mol. The van der Waals surface area contributed by atoms with Gasteiger partial charge in [0.05, 0.1) is 11.8 Å². The number of urea groups is 1. The minimum Gasteiger partial charge on any atom is -0.387 e. The van der Waals surface area contributed by atoms with Crippen LogP contribution in [0.3, 0.4) is 0 Å². The van der Waals surface area contributed by atoms with Crippen LogP contribution in [0, 0.1) is 5.82 Å². The van der Waals surface area contributed by atoms with Crippen molar-refractivity contribution in [1.29, 1.82) is 0 Å². The highest BCUT2D eigenvalue weighted by molar-refractivity contribution is 9.11. The van der Waals surface area contributed by atoms with E-state index in [4.69, 9.17) is 0 Å². The van der Waals surface area contributed by atoms with Crippen LogP contribution in [0.25, 0.3) is 0 Å². The van der Waals surface area contributed by atoms with E-state index in [9.17, 15) is 14.3 Å². The molecule has 0 saturated carbocycles. The molecule has 2 rings (SSSR count). The largest absolute Gasteiger partial charge is 0.387 e. The molecule has 0 bridgehead atoms. The van der Waals surface area contributed by atoms with Gasteiger partial charge in [0.15, 0.2) is 0 Å². The fourth-order valence-electron chi connectivity index (χ4n) is 1.78. The molecule has 7 heteroatoms. The zero-order chi connectivity index (χ0) is 16.1. The Hall–Kier alpha value is -1.44. The minimum atomic E-state index is -0.977. The summed E-state index contributed by atoms with van der Waals surface area (Å²) < 4.78 is 14.7. The first kappa shape index (κ1) is 16.9. The summed E-state index contributed by atoms with van der Waals surface area (Å²) in [6.45, 7) is -0.0244. The number of hydrogen-bond acceptors (Lipinski definition) is 2. The van der Waals surface area contributed by atoms with E-state index < -0.39 is 18.0 Å². The number of amides is 2. The second-order valence-electron chi connectivity index (χ2n) is 4.53. The van der Waals surface area contributed by atoms with Crippen LogP contribution in [0.1, 0.15) is 11.7 Å². The molecule has 116 valence electrons. The van der Waals surface area contributed by atoms with Crippen molar-refractivity contribution in [2.24, 2.45) is 0 Å². The van der Waals surface area contributed by atoms with Crippen molar-refractivity contribution in [3.8, 4) is 0 Å². The lowest BCUT2D eigenvalue weighted by molar-refractivity contribution is 0.174. The summed E-state index contributed by atoms with van der Waals surface area (Å²) in [5.41, 5.74) is 1.01. The monoisotopic (exact) mass is 430 g/mol. The predicted octanol–water partition coefficient (Wildman–Crippen LogP) is 4.21. The van der Waals surface area contributed by atoms with E-state index in [0.717, 1.165) is 8.95 Å². The van der Waals surface area contributed by atoms with Crippen LogP contribution in [0.5, 0.6) is 0 Å². The maximum atomic E-state index is 13.1. The van der Waals surface area contributed by atoms with Crippen molar-refractivity contribution in [3.05, 3.63) is 62.8 Å². The number of carbonyl (C=O) groups is 1. The third-order valence-electron chi connectivity index (χ3n) is 2.87. The standard InChI is InChI=1S/C15H13Br2FN2O2/c16-10-4-5-13(12(17)7-10)20-15(22)19-8-14(21)9-2-1-3-11(18)6-9/h1-7,14,21H,8H2,(H2,19,20,22). The number of anilines is 1. The predicted molar refractivity (Wildman–Crippen MR) is 90.2 cm³/mol. The van der Waals surface area contributed by atoms with Crippen LogP contribution in [-0.4, -0.2) is 17.7 Å². The summed E-state index contributed by atoms with van der Waals surface area (Å²) >= 11 is 6.66. The Morgan fingerprint density at radius 3 is 2.68 bits per heavy atom. The summed E-state index contributed by atoms with van der Waals surface area (Å²) in [4.78, 5) is 11.8. The van der Waals surface area contributed by atoms with Crippen LogP contribution < -0.4 is 10.6 Å². The molecule has 0 heterocycles. The molecule has 0 radical (unpaired) electrons. The molecule has 3 N–H and O–H groups in total. The molecule has 0 aliphatic carbocycles. The van der Waals surface area contributed by atoms with Crippen LogP contribution in [0.15, 0.2) is 51.4 Å². The molecule has 0 saturated heterocycles. The maximum absolute atomic E-state index is 13.1. The van der Waals surface area contributed by atoms with Gasteiger partial charge in [-0.05, 0) is 51.8 Å². The van der Waals surface area contributed by atoms with Crippen LogP contribution in [-0.2, 0) is 0 Å². The third-order valence-corrected chi connectivity index (χ3v) is 4.02. The number of aliphatic hydroxyl groups excluding tert-OH is 1. The van der Waals surface area contributed by atoms with E-state index in [-0.39, 0.29) is 6.54 Å². The van der Waals surface area contributed by atoms with E-state index in [1.54, 1.807) is 24.3 Å². The van der Waals surface area contributed by atoms with Gasteiger partial charge in [-0.15, -0.1) is 0 Å². The molecule has 2 amide bonds. The normalized spacial score (nSPS) is 11.8. The van der Waals surface area contributed by atoms with E-state index in [1.165, 1.54) is 18.2 Å². The molecule has 0 aromatic heterocycles. The molecule has 22 heavy (non-hydrogen) atoms. The van der Waals surface area contributed by atoms with Crippen molar-refractivity contribution in [3.63, 3.8) is 0 Å². The second kappa shape index (κ2) is 7.71. The lowest BCUT2D eigenvalue weighted by Crippen LogP contribution is -2.32. The Balaban J connectivity index is 1.90. The topological polar surface area (TPSA) is 61.4 Å². The van der Waals surface area contributed by atoms with Crippen molar-refractivity contribution >= 4 is 43.6 Å². The minimum absolute atomic E-state index is 0.0244. The third kappa shape index (κ3) is 4.79. The lowest BCUT2D eigenvalue weighted by Gasteiger charge is -2.13. The number of hydrogen-bond donors (Lipinski definition) is 3. The van der Waals surface area contributed by atoms with Gasteiger partial charge >= 0.3 is 6.03 Å². The van der Waals surface area contributed by atoms with Gasteiger partial charge in [0, 0.05) is 15.5 Å². The van der Waals surface area contributed by atoms with E-state index in [2.05, 4.69) is 42.5 Å². The van der Waals surface area contributed by atoms with Crippen LogP contribution in [0.2, 0.25) is 0 Å². The van der Waals surface area contributed by atoms with Crippen LogP contribution >= 0.6 is 31.9 Å². The molecule has 0 fully saturated rings. The van der Waals surface area contributed by atoms with Crippen molar-refractivity contribution in [2.45, 2.75) is 6.10 Å². The van der Waals surface area contributed by atoms with E-state index in [1.807, 2.05) is 0 Å². The summed E-state index contributed by atoms with van der Waals surface area (Å²) in [7, 11) is 0. The summed E-state index contributed by atoms with van der Waals surface area (Å²) in [5, 5.41) is 15.1. The molecule has 0 spiro atoms. The fourth-order valence-corrected chi connectivity index (χ4v) is 2.92. The van der Waals surface area contributed by atoms with Crippen molar-refractivity contribution < 1.29 is 14.3 Å². The Kier molecular flexibility index (Phi) is 5.93. The highest BCUT2D eigenvalue weighted by Crippen LogP contribution is 2.26. The molecule has 0 aliphatic rings. The Labute approximate surface area is 144 Å². The van der Waals surface area contributed by atoms with Gasteiger partial charge in [0.25, 0.3) is 0 Å². The second-order valence-corrected chi connectivity index (χ2v) is 6.30. The number of carbonyl (C=O) groups excluding carboxylic acids is 1. The maximum Gasteiger partial charge on any atom is 0.319 e. The summed E-state index contributed by atoms with van der Waals surface area (Å²) in [6, 6.07) is 10.5. The number of aliphatic hydroxyl groups is 1. The van der Waals surface area contributed by atoms with Crippen LogP contribution in [0.4, 0.5) is 14.9 Å². The average Bonchev–Trinajstić information content (AvgIpc) is 2.47. The lowest BCUT2D eigenvalue weighted by atomic mass is 10.1. The van der Waals surface area contributed by atoms with Gasteiger partial charge in [0.1, 0.15) is 5.82 Å². The van der Waals surface area contributed by atoms with E-state index in [0.29, 0.717) is 11.3 Å². The highest BCUT2D eigenvalue weighted by atomic mass is 79.9. The SMILES string of the molecule is O=C(NCC(O)c1cccc(F)c1)Nc1ccc(Br)cc1Br. The summed E-state index contributed by atoms with van der Waals surface area (Å²) in [5.74, 6) is -0.431. The Morgan fingerprint density at radius 2 is 2.00 bits per heavy atom. The van der Waals surface area contributed by atoms with Gasteiger partial charge in [-0.2, -0.15) is 0 Å². The van der Waals surface area contributed by atoms with Gasteiger partial charge < -0.3 is 15.7 Å². The van der Waals surface area contributed by atoms with Gasteiger partial charge in [-0.25, -0.2) is 9.18 Å². The smallest absolute Gasteiger partial charge is 0.319 e. The quantitative estimate of drug-likeness (QED) is 0.679. The molecule has 1 atom stereocenters. The average molecular weight is 432 g/mol. The van der Waals surface area contributed by atoms with Crippen molar-refractivity contribution in [2.75, 3.05) is 11.9 Å². The fraction of sp³-hybridized carbons (Fsp3) is 0.133. The highest BCUT2D eigenvalue weighted by Gasteiger charge is 2.11. The molecule has 4 nitrogen and oxygen atoms in total. The molecule has 0 aliphatic heterocycles. The van der Waals surface area contributed by atoms with Gasteiger partial charge in [-0.3, -0.25) is 0 Å². The number of rotatable bonds is 4. The Bertz CT molecular complexity index is 682. The zero-order valence-electron chi connectivity index (χ0n) is 11.3. The van der Waals surface area contributed by atoms with Crippen molar-refractivity contribution in [1.82, 2.24) is 5.32 Å². The Morgan fingerprint density at radius 1 is 1.23 bits per heavy atom. The summed E-state index contributed by atoms with van der Waals surface area (Å²) in [6.07, 6.45) is -0.977.